The first-order chi connectivity index (χ1) is 18.9. The number of rotatable bonds is 10. The molecule has 0 amide bonds. The summed E-state index contributed by atoms with van der Waals surface area (Å²) in [5, 5.41) is 9.23. The highest BCUT2D eigenvalue weighted by Gasteiger charge is 2.18. The molecule has 0 saturated carbocycles. The first-order valence-corrected chi connectivity index (χ1v) is 12.9. The van der Waals surface area contributed by atoms with E-state index in [-0.39, 0.29) is 18.3 Å². The van der Waals surface area contributed by atoms with Crippen LogP contribution < -0.4 is 9.47 Å². The number of ether oxygens (including phenoxy) is 4. The normalized spacial score (nSPS) is 11.6. The maximum absolute atomic E-state index is 11.4. The number of carbonyl (C=O) groups is 1. The molecule has 6 nitrogen and oxygen atoms in total. The van der Waals surface area contributed by atoms with Gasteiger partial charge in [0.05, 0.1) is 0 Å². The number of phenols is 1. The van der Waals surface area contributed by atoms with Crippen molar-refractivity contribution >= 4 is 24.2 Å². The van der Waals surface area contributed by atoms with Gasteiger partial charge >= 0.3 is 5.97 Å². The van der Waals surface area contributed by atoms with Crippen molar-refractivity contribution in [2.75, 3.05) is 13.7 Å². The zero-order valence-electron chi connectivity index (χ0n) is 24.2. The Morgan fingerprint density at radius 1 is 0.775 bits per heavy atom. The van der Waals surface area contributed by atoms with Crippen molar-refractivity contribution < 1.29 is 28.8 Å². The third-order valence-corrected chi connectivity index (χ3v) is 5.21. The van der Waals surface area contributed by atoms with Gasteiger partial charge < -0.3 is 24.1 Å². The monoisotopic (exact) mass is 544 g/mol. The zero-order chi connectivity index (χ0) is 29.6. The van der Waals surface area contributed by atoms with Crippen molar-refractivity contribution in [1.82, 2.24) is 0 Å². The van der Waals surface area contributed by atoms with E-state index >= 15 is 0 Å². The summed E-state index contributed by atoms with van der Waals surface area (Å²) in [5.74, 6) is 0.682. The van der Waals surface area contributed by atoms with Gasteiger partial charge in [0.25, 0.3) is 0 Å². The van der Waals surface area contributed by atoms with Crippen LogP contribution in [0.4, 0.5) is 0 Å². The van der Waals surface area contributed by atoms with Crippen molar-refractivity contribution in [1.29, 1.82) is 0 Å². The molecule has 0 aromatic heterocycles. The van der Waals surface area contributed by atoms with Crippen molar-refractivity contribution in [3.05, 3.63) is 108 Å². The van der Waals surface area contributed by atoms with Gasteiger partial charge in [-0.05, 0) is 73.9 Å². The Kier molecular flexibility index (Phi) is 12.2. The minimum atomic E-state index is -0.635. The van der Waals surface area contributed by atoms with Gasteiger partial charge in [0.2, 0.25) is 5.79 Å². The molecule has 0 radical (unpaired) electrons. The summed E-state index contributed by atoms with van der Waals surface area (Å²) in [6.07, 6.45) is 9.68. The Bertz CT molecular complexity index is 1250. The van der Waals surface area contributed by atoms with Crippen LogP contribution in [0.3, 0.4) is 0 Å². The van der Waals surface area contributed by atoms with Crippen molar-refractivity contribution in [3.63, 3.8) is 0 Å². The Labute approximate surface area is 238 Å². The molecule has 212 valence electrons. The SMILES string of the molecule is C=Cc1ccc(OCC(=O)OC(C)(C)C)cc1.COC(C)(C)Oc1ccc(C=CC=Cc2ccc(O)cc2)cc1. The fourth-order valence-corrected chi connectivity index (χ4v) is 3.10. The number of hydrogen-bond acceptors (Lipinski definition) is 6. The topological polar surface area (TPSA) is 74.2 Å². The molecule has 3 aromatic rings. The van der Waals surface area contributed by atoms with Crippen LogP contribution in [-0.2, 0) is 14.3 Å². The Hall–Kier alpha value is -4.29. The van der Waals surface area contributed by atoms with Gasteiger partial charge in [0.15, 0.2) is 6.61 Å². The third-order valence-electron chi connectivity index (χ3n) is 5.21. The van der Waals surface area contributed by atoms with Crippen LogP contribution in [-0.4, -0.2) is 36.2 Å². The molecule has 0 aliphatic carbocycles. The summed E-state index contributed by atoms with van der Waals surface area (Å²) in [7, 11) is 1.62. The molecule has 3 rings (SSSR count). The van der Waals surface area contributed by atoms with Gasteiger partial charge in [-0.25, -0.2) is 4.79 Å². The lowest BCUT2D eigenvalue weighted by Gasteiger charge is -2.24. The molecule has 40 heavy (non-hydrogen) atoms. The van der Waals surface area contributed by atoms with Crippen LogP contribution in [0.2, 0.25) is 0 Å². The average molecular weight is 545 g/mol. The van der Waals surface area contributed by atoms with Crippen LogP contribution in [0, 0.1) is 0 Å². The highest BCUT2D eigenvalue weighted by atomic mass is 16.7. The Morgan fingerprint density at radius 3 is 1.73 bits per heavy atom. The number of phenolic OH excluding ortho intramolecular Hbond substituents is 1. The Balaban J connectivity index is 0.000000294. The number of allylic oxidation sites excluding steroid dienone is 2. The van der Waals surface area contributed by atoms with Crippen molar-refractivity contribution in [2.45, 2.75) is 46.0 Å². The molecule has 0 fully saturated rings. The zero-order valence-corrected chi connectivity index (χ0v) is 24.2. The van der Waals surface area contributed by atoms with E-state index in [0.717, 1.165) is 22.4 Å². The van der Waals surface area contributed by atoms with Crippen molar-refractivity contribution in [2.24, 2.45) is 0 Å². The largest absolute Gasteiger partial charge is 0.508 e. The molecule has 0 bridgehead atoms. The second-order valence-corrected chi connectivity index (χ2v) is 10.2. The summed E-state index contributed by atoms with van der Waals surface area (Å²) >= 11 is 0. The van der Waals surface area contributed by atoms with E-state index in [4.69, 9.17) is 18.9 Å². The number of carbonyl (C=O) groups excluding carboxylic acids is 1. The lowest BCUT2D eigenvalue weighted by molar-refractivity contribution is -0.157. The summed E-state index contributed by atoms with van der Waals surface area (Å²) < 4.78 is 21.4. The second-order valence-electron chi connectivity index (χ2n) is 10.2. The van der Waals surface area contributed by atoms with Crippen LogP contribution in [0.5, 0.6) is 17.2 Å². The number of esters is 1. The number of aromatic hydroxyl groups is 1. The summed E-state index contributed by atoms with van der Waals surface area (Å²) in [5.41, 5.74) is 2.66. The molecule has 0 aliphatic rings. The summed E-state index contributed by atoms with van der Waals surface area (Å²) in [6.45, 7) is 12.8. The molecule has 0 saturated heterocycles. The molecule has 1 N–H and O–H groups in total. The van der Waals surface area contributed by atoms with Crippen LogP contribution >= 0.6 is 0 Å². The van der Waals surface area contributed by atoms with E-state index in [2.05, 4.69) is 6.58 Å². The quantitative estimate of drug-likeness (QED) is 0.159. The molecular formula is C34H40O6. The molecule has 0 aliphatic heterocycles. The first-order valence-electron chi connectivity index (χ1n) is 12.9. The molecule has 3 aromatic carbocycles. The van der Waals surface area contributed by atoms with E-state index in [1.165, 1.54) is 0 Å². The lowest BCUT2D eigenvalue weighted by Crippen LogP contribution is -2.30. The van der Waals surface area contributed by atoms with Gasteiger partial charge in [-0.1, -0.05) is 73.4 Å². The molecule has 0 atom stereocenters. The second kappa shape index (κ2) is 15.3. The minimum absolute atomic E-state index is 0.0787. The molecular weight excluding hydrogens is 504 g/mol. The van der Waals surface area contributed by atoms with Crippen LogP contribution in [0.1, 0.15) is 51.3 Å². The van der Waals surface area contributed by atoms with Crippen molar-refractivity contribution in [3.8, 4) is 17.2 Å². The maximum atomic E-state index is 11.4. The molecule has 0 unspecified atom stereocenters. The molecule has 6 heteroatoms. The number of methoxy groups -OCH3 is 1. The summed E-state index contributed by atoms with van der Waals surface area (Å²) in [6, 6.07) is 22.2. The Morgan fingerprint density at radius 2 is 1.25 bits per heavy atom. The average Bonchev–Trinajstić information content (AvgIpc) is 2.91. The van der Waals surface area contributed by atoms with E-state index in [9.17, 15) is 9.90 Å². The van der Waals surface area contributed by atoms with Crippen LogP contribution in [0.15, 0.2) is 91.5 Å². The molecule has 0 spiro atoms. The number of benzene rings is 3. The maximum Gasteiger partial charge on any atom is 0.344 e. The van der Waals surface area contributed by atoms with E-state index in [1.54, 1.807) is 37.5 Å². The first kappa shape index (κ1) is 31.9. The van der Waals surface area contributed by atoms with Crippen LogP contribution in [0.25, 0.3) is 18.2 Å². The summed E-state index contributed by atoms with van der Waals surface area (Å²) in [4.78, 5) is 11.4. The van der Waals surface area contributed by atoms with Gasteiger partial charge in [-0.2, -0.15) is 0 Å². The van der Waals surface area contributed by atoms with Gasteiger partial charge in [0, 0.05) is 21.0 Å². The smallest absolute Gasteiger partial charge is 0.344 e. The predicted molar refractivity (Wildman–Crippen MR) is 162 cm³/mol. The fourth-order valence-electron chi connectivity index (χ4n) is 3.10. The lowest BCUT2D eigenvalue weighted by atomic mass is 10.1. The fraction of sp³-hybridized carbons (Fsp3) is 0.265. The minimum Gasteiger partial charge on any atom is -0.508 e. The number of hydrogen-bond donors (Lipinski definition) is 1. The van der Waals surface area contributed by atoms with E-state index < -0.39 is 11.4 Å². The third kappa shape index (κ3) is 13.0. The highest BCUT2D eigenvalue weighted by molar-refractivity contribution is 5.71. The standard InChI is InChI=1S/C20H22O3.C14H18O3/c1-20(2,22-3)23-19-14-10-17(11-15-19)7-5-4-6-16-8-12-18(21)13-9-16;1-5-11-6-8-12(9-7-11)16-10-13(15)17-14(2,3)4/h4-15,21H,1-3H3;5-9H,1,10H2,2-4H3. The van der Waals surface area contributed by atoms with E-state index in [1.807, 2.05) is 107 Å². The van der Waals surface area contributed by atoms with Gasteiger partial charge in [0.1, 0.15) is 22.8 Å². The van der Waals surface area contributed by atoms with Gasteiger partial charge in [-0.15, -0.1) is 0 Å². The predicted octanol–water partition coefficient (Wildman–Crippen LogP) is 7.93. The van der Waals surface area contributed by atoms with Gasteiger partial charge in [-0.3, -0.25) is 0 Å². The van der Waals surface area contributed by atoms with E-state index in [0.29, 0.717) is 5.75 Å². The highest BCUT2D eigenvalue weighted by Crippen LogP contribution is 2.20. The molecule has 0 heterocycles.